The van der Waals surface area contributed by atoms with Crippen LogP contribution in [-0.2, 0) is 0 Å². The van der Waals surface area contributed by atoms with E-state index in [-0.39, 0.29) is 0 Å². The fourth-order valence-corrected chi connectivity index (χ4v) is 4.76. The molecule has 6 aromatic carbocycles. The summed E-state index contributed by atoms with van der Waals surface area (Å²) < 4.78 is 0. The van der Waals surface area contributed by atoms with Gasteiger partial charge in [0.05, 0.1) is 0 Å². The molecule has 6 rings (SSSR count). The lowest BCUT2D eigenvalue weighted by Crippen LogP contribution is -1.83. The first-order chi connectivity index (χ1) is 15.5. The molecule has 0 amide bonds. The van der Waals surface area contributed by atoms with Crippen LogP contribution < -0.4 is 0 Å². The lowest BCUT2D eigenvalue weighted by Gasteiger charge is -2.07. The number of fused-ring (bicyclic) bond motifs is 6. The Morgan fingerprint density at radius 2 is 0.875 bits per heavy atom. The van der Waals surface area contributed by atoms with Crippen LogP contribution >= 0.6 is 0 Å². The number of hydrogen-bond acceptors (Lipinski definition) is 0. The van der Waals surface area contributed by atoms with E-state index in [2.05, 4.69) is 125 Å². The van der Waals surface area contributed by atoms with Crippen LogP contribution in [-0.4, -0.2) is 0 Å². The smallest absolute Gasteiger partial charge is 0.0103 e. The molecule has 0 spiro atoms. The molecule has 0 radical (unpaired) electrons. The van der Waals surface area contributed by atoms with Crippen molar-refractivity contribution >= 4 is 43.1 Å². The number of rotatable bonds is 0. The van der Waals surface area contributed by atoms with Gasteiger partial charge in [-0.3, -0.25) is 0 Å². The molecule has 0 heteroatoms. The second-order valence-corrected chi connectivity index (χ2v) is 8.92. The summed E-state index contributed by atoms with van der Waals surface area (Å²) in [5.41, 5.74) is 5.34. The summed E-state index contributed by atoms with van der Waals surface area (Å²) in [5, 5.41) is 10.8. The third kappa shape index (κ3) is 3.63. The number of benzene rings is 6. The summed E-state index contributed by atoms with van der Waals surface area (Å²) in [4.78, 5) is 0. The molecule has 0 N–H and O–H groups in total. The second kappa shape index (κ2) is 8.13. The van der Waals surface area contributed by atoms with Crippen molar-refractivity contribution in [2.75, 3.05) is 0 Å². The minimum atomic E-state index is 1.32. The van der Waals surface area contributed by atoms with Gasteiger partial charge < -0.3 is 0 Å². The molecule has 156 valence electrons. The van der Waals surface area contributed by atoms with Crippen LogP contribution in [0.5, 0.6) is 0 Å². The van der Waals surface area contributed by atoms with Crippen LogP contribution in [0, 0.1) is 27.7 Å². The Bertz CT molecular complexity index is 1570. The molecular formula is C32H28. The summed E-state index contributed by atoms with van der Waals surface area (Å²) in [7, 11) is 0. The Labute approximate surface area is 190 Å². The average Bonchev–Trinajstić information content (AvgIpc) is 2.80. The van der Waals surface area contributed by atoms with Crippen LogP contribution in [0.1, 0.15) is 22.3 Å². The lowest BCUT2D eigenvalue weighted by atomic mass is 9.97. The Morgan fingerprint density at radius 3 is 1.59 bits per heavy atom. The van der Waals surface area contributed by atoms with E-state index >= 15 is 0 Å². The lowest BCUT2D eigenvalue weighted by molar-refractivity contribution is 1.50. The van der Waals surface area contributed by atoms with Crippen LogP contribution in [0.3, 0.4) is 0 Å². The van der Waals surface area contributed by atoms with Crippen molar-refractivity contribution in [3.63, 3.8) is 0 Å². The molecule has 0 fully saturated rings. The maximum absolute atomic E-state index is 2.27. The van der Waals surface area contributed by atoms with Crippen molar-refractivity contribution in [2.24, 2.45) is 0 Å². The topological polar surface area (TPSA) is 0 Å². The van der Waals surface area contributed by atoms with E-state index < -0.39 is 0 Å². The third-order valence-corrected chi connectivity index (χ3v) is 6.48. The van der Waals surface area contributed by atoms with Crippen molar-refractivity contribution in [2.45, 2.75) is 27.7 Å². The van der Waals surface area contributed by atoms with Crippen molar-refractivity contribution in [1.82, 2.24) is 0 Å². The molecule has 0 atom stereocenters. The molecule has 0 bridgehead atoms. The molecule has 0 aliphatic carbocycles. The molecule has 0 heterocycles. The standard InChI is InChI=1S/2C16H14/c1-11-6-7-13-8-9-14-12(2)4-3-5-15(14)16(13)10-11;1-11-7-8-13-10-12(2)14-5-3-4-6-15(14)16(13)9-11/h2*3-10H,1-2H3. The highest BCUT2D eigenvalue weighted by Gasteiger charge is 2.03. The number of aryl methyl sites for hydroxylation is 4. The average molecular weight is 413 g/mol. The first kappa shape index (κ1) is 20.3. The van der Waals surface area contributed by atoms with Gasteiger partial charge in [0.2, 0.25) is 0 Å². The summed E-state index contributed by atoms with van der Waals surface area (Å²) in [6.07, 6.45) is 0. The fourth-order valence-electron chi connectivity index (χ4n) is 4.76. The monoisotopic (exact) mass is 412 g/mol. The Hall–Kier alpha value is -3.64. The predicted octanol–water partition coefficient (Wildman–Crippen LogP) is 9.22. The maximum Gasteiger partial charge on any atom is -0.0103 e. The molecule has 0 saturated carbocycles. The molecule has 0 aromatic heterocycles. The summed E-state index contributed by atoms with van der Waals surface area (Å²) in [6, 6.07) is 35.2. The quantitative estimate of drug-likeness (QED) is 0.218. The van der Waals surface area contributed by atoms with Gasteiger partial charge in [-0.15, -0.1) is 0 Å². The first-order valence-electron chi connectivity index (χ1n) is 11.3. The zero-order valence-corrected chi connectivity index (χ0v) is 19.2. The van der Waals surface area contributed by atoms with E-state index in [1.807, 2.05) is 0 Å². The minimum Gasteiger partial charge on any atom is -0.0616 e. The van der Waals surface area contributed by atoms with Crippen molar-refractivity contribution in [3.8, 4) is 0 Å². The molecular weight excluding hydrogens is 384 g/mol. The summed E-state index contributed by atoms with van der Waals surface area (Å²) in [6.45, 7) is 8.65. The second-order valence-electron chi connectivity index (χ2n) is 8.92. The fraction of sp³-hybridized carbons (Fsp3) is 0.125. The van der Waals surface area contributed by atoms with Crippen LogP contribution in [0.4, 0.5) is 0 Å². The van der Waals surface area contributed by atoms with Crippen molar-refractivity contribution in [1.29, 1.82) is 0 Å². The van der Waals surface area contributed by atoms with E-state index in [9.17, 15) is 0 Å². The maximum atomic E-state index is 2.27. The Morgan fingerprint density at radius 1 is 0.344 bits per heavy atom. The highest BCUT2D eigenvalue weighted by molar-refractivity contribution is 6.09. The molecule has 0 nitrogen and oxygen atoms in total. The van der Waals surface area contributed by atoms with Gasteiger partial charge in [-0.2, -0.15) is 0 Å². The third-order valence-electron chi connectivity index (χ3n) is 6.48. The predicted molar refractivity (Wildman–Crippen MR) is 142 cm³/mol. The van der Waals surface area contributed by atoms with Gasteiger partial charge in [0.25, 0.3) is 0 Å². The summed E-state index contributed by atoms with van der Waals surface area (Å²) >= 11 is 0. The van der Waals surface area contributed by atoms with Gasteiger partial charge in [-0.05, 0) is 81.9 Å². The Kier molecular flexibility index (Phi) is 5.15. The van der Waals surface area contributed by atoms with Gasteiger partial charge in [0.15, 0.2) is 0 Å². The first-order valence-corrected chi connectivity index (χ1v) is 11.3. The molecule has 0 aliphatic rings. The van der Waals surface area contributed by atoms with Crippen LogP contribution in [0.25, 0.3) is 43.1 Å². The van der Waals surface area contributed by atoms with E-state index in [0.29, 0.717) is 0 Å². The highest BCUT2D eigenvalue weighted by Crippen LogP contribution is 2.29. The Balaban J connectivity index is 0.000000135. The van der Waals surface area contributed by atoms with Crippen LogP contribution in [0.2, 0.25) is 0 Å². The van der Waals surface area contributed by atoms with E-state index in [4.69, 9.17) is 0 Å². The normalized spacial score (nSPS) is 11.1. The molecule has 0 unspecified atom stereocenters. The molecule has 6 aromatic rings. The zero-order valence-electron chi connectivity index (χ0n) is 19.2. The molecule has 0 aliphatic heterocycles. The van der Waals surface area contributed by atoms with Gasteiger partial charge in [0, 0.05) is 0 Å². The zero-order chi connectivity index (χ0) is 22.2. The van der Waals surface area contributed by atoms with Gasteiger partial charge >= 0.3 is 0 Å². The van der Waals surface area contributed by atoms with Gasteiger partial charge in [-0.25, -0.2) is 0 Å². The van der Waals surface area contributed by atoms with Crippen LogP contribution in [0.15, 0.2) is 97.1 Å². The highest BCUT2D eigenvalue weighted by atomic mass is 14.1. The summed E-state index contributed by atoms with van der Waals surface area (Å²) in [5.74, 6) is 0. The SMILES string of the molecule is Cc1ccc2cc(C)c3ccccc3c2c1.Cc1ccc2ccc3c(C)cccc3c2c1. The van der Waals surface area contributed by atoms with Crippen molar-refractivity contribution in [3.05, 3.63) is 119 Å². The van der Waals surface area contributed by atoms with E-state index in [1.54, 1.807) is 0 Å². The number of hydrogen-bond donors (Lipinski definition) is 0. The van der Waals surface area contributed by atoms with Gasteiger partial charge in [-0.1, -0.05) is 108 Å². The molecule has 32 heavy (non-hydrogen) atoms. The van der Waals surface area contributed by atoms with Gasteiger partial charge in [0.1, 0.15) is 0 Å². The minimum absolute atomic E-state index is 1.32. The largest absolute Gasteiger partial charge is 0.0616 e. The van der Waals surface area contributed by atoms with E-state index in [0.717, 1.165) is 0 Å². The van der Waals surface area contributed by atoms with E-state index in [1.165, 1.54) is 65.3 Å². The molecule has 0 saturated heterocycles. The van der Waals surface area contributed by atoms with Crippen molar-refractivity contribution < 1.29 is 0 Å².